The molecule has 3 rings (SSSR count). The average molecular weight is 405 g/mol. The number of amides is 1. The normalized spacial score (nSPS) is 24.2. The zero-order valence-electron chi connectivity index (χ0n) is 11.2. The molecule has 20 heavy (non-hydrogen) atoms. The van der Waals surface area contributed by atoms with Crippen LogP contribution in [0.25, 0.3) is 0 Å². The second-order valence-electron chi connectivity index (χ2n) is 5.85. The van der Waals surface area contributed by atoms with Gasteiger partial charge in [-0.05, 0) is 79.4 Å². The molecule has 2 fully saturated rings. The van der Waals surface area contributed by atoms with Crippen molar-refractivity contribution in [3.63, 3.8) is 0 Å². The monoisotopic (exact) mass is 404 g/mol. The summed E-state index contributed by atoms with van der Waals surface area (Å²) in [6.45, 7) is 0.998. The Morgan fingerprint density at radius 3 is 2.95 bits per heavy atom. The number of hydrogen-bond acceptors (Lipinski definition) is 2. The summed E-state index contributed by atoms with van der Waals surface area (Å²) >= 11 is 8.17. The van der Waals surface area contributed by atoms with Crippen LogP contribution in [0.15, 0.2) is 18.2 Å². The van der Waals surface area contributed by atoms with Crippen LogP contribution in [0.2, 0.25) is 5.02 Å². The summed E-state index contributed by atoms with van der Waals surface area (Å²) in [6, 6.07) is 5.72. The van der Waals surface area contributed by atoms with Crippen molar-refractivity contribution >= 4 is 40.1 Å². The lowest BCUT2D eigenvalue weighted by molar-refractivity contribution is 0.0852. The molecule has 1 aromatic carbocycles. The van der Waals surface area contributed by atoms with E-state index in [1.165, 1.54) is 19.3 Å². The van der Waals surface area contributed by atoms with Crippen molar-refractivity contribution in [3.05, 3.63) is 32.4 Å². The maximum absolute atomic E-state index is 12.4. The molecular weight excluding hydrogens is 387 g/mol. The van der Waals surface area contributed by atoms with Gasteiger partial charge in [-0.3, -0.25) is 4.79 Å². The summed E-state index contributed by atoms with van der Waals surface area (Å²) in [6.07, 6.45) is 5.85. The van der Waals surface area contributed by atoms with Crippen LogP contribution in [-0.4, -0.2) is 24.0 Å². The highest BCUT2D eigenvalue weighted by Crippen LogP contribution is 2.38. The van der Waals surface area contributed by atoms with Gasteiger partial charge in [0.15, 0.2) is 0 Å². The average Bonchev–Trinajstić information content (AvgIpc) is 2.40. The SMILES string of the molecule is O=C(NC1CCNC2(CCC2)C1)c1cc(Cl)ccc1I. The molecular formula is C15H18ClIN2O. The predicted molar refractivity (Wildman–Crippen MR) is 89.2 cm³/mol. The number of benzene rings is 1. The molecule has 108 valence electrons. The van der Waals surface area contributed by atoms with E-state index in [0.29, 0.717) is 16.1 Å². The quantitative estimate of drug-likeness (QED) is 0.742. The summed E-state index contributed by atoms with van der Waals surface area (Å²) in [7, 11) is 0. The number of piperidine rings is 1. The van der Waals surface area contributed by atoms with Crippen molar-refractivity contribution in [2.75, 3.05) is 6.54 Å². The molecule has 1 heterocycles. The number of rotatable bonds is 2. The van der Waals surface area contributed by atoms with Crippen molar-refractivity contribution in [3.8, 4) is 0 Å². The molecule has 1 aromatic rings. The number of carbonyl (C=O) groups is 1. The van der Waals surface area contributed by atoms with Crippen LogP contribution in [-0.2, 0) is 0 Å². The largest absolute Gasteiger partial charge is 0.349 e. The van der Waals surface area contributed by atoms with Gasteiger partial charge in [0.2, 0.25) is 0 Å². The van der Waals surface area contributed by atoms with Crippen molar-refractivity contribution in [1.82, 2.24) is 10.6 Å². The fourth-order valence-corrected chi connectivity index (χ4v) is 3.95. The molecule has 1 aliphatic carbocycles. The van der Waals surface area contributed by atoms with Crippen LogP contribution in [0.4, 0.5) is 0 Å². The maximum Gasteiger partial charge on any atom is 0.252 e. The first-order chi connectivity index (χ1) is 9.58. The Bertz CT molecular complexity index is 531. The summed E-state index contributed by atoms with van der Waals surface area (Å²) in [5, 5.41) is 7.41. The molecule has 1 amide bonds. The Morgan fingerprint density at radius 2 is 2.25 bits per heavy atom. The van der Waals surface area contributed by atoms with Crippen molar-refractivity contribution in [2.24, 2.45) is 0 Å². The summed E-state index contributed by atoms with van der Waals surface area (Å²) in [4.78, 5) is 12.4. The Balaban J connectivity index is 1.67. The predicted octanol–water partition coefficient (Wildman–Crippen LogP) is 3.35. The number of halogens is 2. The van der Waals surface area contributed by atoms with E-state index in [2.05, 4.69) is 33.2 Å². The lowest BCUT2D eigenvalue weighted by Crippen LogP contribution is -2.59. The van der Waals surface area contributed by atoms with Gasteiger partial charge in [0.1, 0.15) is 0 Å². The molecule has 0 bridgehead atoms. The minimum Gasteiger partial charge on any atom is -0.349 e. The minimum absolute atomic E-state index is 0.00160. The molecule has 2 N–H and O–H groups in total. The second kappa shape index (κ2) is 5.81. The van der Waals surface area contributed by atoms with Gasteiger partial charge in [-0.2, -0.15) is 0 Å². The van der Waals surface area contributed by atoms with E-state index >= 15 is 0 Å². The molecule has 2 aliphatic rings. The zero-order chi connectivity index (χ0) is 14.2. The Kier molecular flexibility index (Phi) is 4.24. The fourth-order valence-electron chi connectivity index (χ4n) is 3.20. The Morgan fingerprint density at radius 1 is 1.45 bits per heavy atom. The molecule has 1 atom stereocenters. The Hall–Kier alpha value is -0.330. The van der Waals surface area contributed by atoms with E-state index in [1.54, 1.807) is 6.07 Å². The van der Waals surface area contributed by atoms with Gasteiger partial charge < -0.3 is 10.6 Å². The van der Waals surface area contributed by atoms with Gasteiger partial charge in [0.25, 0.3) is 5.91 Å². The zero-order valence-corrected chi connectivity index (χ0v) is 14.1. The van der Waals surface area contributed by atoms with Crippen molar-refractivity contribution in [1.29, 1.82) is 0 Å². The lowest BCUT2D eigenvalue weighted by Gasteiger charge is -2.48. The molecule has 1 saturated heterocycles. The Labute approximate surface area is 138 Å². The van der Waals surface area contributed by atoms with E-state index < -0.39 is 0 Å². The van der Waals surface area contributed by atoms with Crippen LogP contribution >= 0.6 is 34.2 Å². The number of carbonyl (C=O) groups excluding carboxylic acids is 1. The summed E-state index contributed by atoms with van der Waals surface area (Å²) < 4.78 is 0.941. The molecule has 1 aliphatic heterocycles. The molecule has 1 spiro atoms. The molecule has 0 radical (unpaired) electrons. The summed E-state index contributed by atoms with van der Waals surface area (Å²) in [5.74, 6) is -0.00160. The highest BCUT2D eigenvalue weighted by Gasteiger charge is 2.41. The van der Waals surface area contributed by atoms with Gasteiger partial charge in [0, 0.05) is 20.2 Å². The van der Waals surface area contributed by atoms with E-state index in [9.17, 15) is 4.79 Å². The third kappa shape index (κ3) is 2.97. The third-order valence-corrected chi connectivity index (χ3v) is 5.62. The fraction of sp³-hybridized carbons (Fsp3) is 0.533. The highest BCUT2D eigenvalue weighted by atomic mass is 127. The third-order valence-electron chi connectivity index (χ3n) is 4.45. The van der Waals surface area contributed by atoms with Gasteiger partial charge in [-0.15, -0.1) is 0 Å². The van der Waals surface area contributed by atoms with Crippen LogP contribution in [0.3, 0.4) is 0 Å². The maximum atomic E-state index is 12.4. The van der Waals surface area contributed by atoms with Crippen LogP contribution in [0.1, 0.15) is 42.5 Å². The number of nitrogens with one attached hydrogen (secondary N) is 2. The first-order valence-corrected chi connectivity index (χ1v) is 8.55. The topological polar surface area (TPSA) is 41.1 Å². The first kappa shape index (κ1) is 14.6. The number of hydrogen-bond donors (Lipinski definition) is 2. The van der Waals surface area contributed by atoms with Crippen LogP contribution < -0.4 is 10.6 Å². The lowest BCUT2D eigenvalue weighted by atomic mass is 9.70. The first-order valence-electron chi connectivity index (χ1n) is 7.09. The van der Waals surface area contributed by atoms with Gasteiger partial charge in [0.05, 0.1) is 5.56 Å². The van der Waals surface area contributed by atoms with E-state index in [4.69, 9.17) is 11.6 Å². The second-order valence-corrected chi connectivity index (χ2v) is 7.45. The molecule has 0 aromatic heterocycles. The van der Waals surface area contributed by atoms with Gasteiger partial charge in [-0.1, -0.05) is 11.6 Å². The van der Waals surface area contributed by atoms with Crippen molar-refractivity contribution in [2.45, 2.75) is 43.7 Å². The molecule has 5 heteroatoms. The minimum atomic E-state index is -0.00160. The molecule has 1 unspecified atom stereocenters. The van der Waals surface area contributed by atoms with Crippen molar-refractivity contribution < 1.29 is 4.79 Å². The standard InChI is InChI=1S/C15H18ClIN2O/c16-10-2-3-13(17)12(8-10)14(20)19-11-4-7-18-15(9-11)5-1-6-15/h2-3,8,11,18H,1,4-7,9H2,(H,19,20). The molecule has 3 nitrogen and oxygen atoms in total. The van der Waals surface area contributed by atoms with Gasteiger partial charge >= 0.3 is 0 Å². The van der Waals surface area contributed by atoms with Crippen LogP contribution in [0, 0.1) is 3.57 Å². The van der Waals surface area contributed by atoms with Crippen LogP contribution in [0.5, 0.6) is 0 Å². The summed E-state index contributed by atoms with van der Waals surface area (Å²) in [5.41, 5.74) is 0.983. The molecule has 1 saturated carbocycles. The van der Waals surface area contributed by atoms with Gasteiger partial charge in [-0.25, -0.2) is 0 Å². The highest BCUT2D eigenvalue weighted by molar-refractivity contribution is 14.1. The van der Waals surface area contributed by atoms with E-state index in [1.807, 2.05) is 12.1 Å². The van der Waals surface area contributed by atoms with E-state index in [0.717, 1.165) is 23.0 Å². The van der Waals surface area contributed by atoms with E-state index in [-0.39, 0.29) is 11.9 Å². The smallest absolute Gasteiger partial charge is 0.252 e.